The van der Waals surface area contributed by atoms with E-state index in [4.69, 9.17) is 4.74 Å². The van der Waals surface area contributed by atoms with E-state index in [1.165, 1.54) is 0 Å². The smallest absolute Gasteiger partial charge is 0.0610 e. The number of thiol groups is 1. The molecule has 2 aliphatic rings. The van der Waals surface area contributed by atoms with Crippen molar-refractivity contribution in [3.63, 3.8) is 0 Å². The lowest BCUT2D eigenvalue weighted by Gasteiger charge is -2.50. The summed E-state index contributed by atoms with van der Waals surface area (Å²) in [6.45, 7) is 7.61. The molecule has 0 radical (unpaired) electrons. The second-order valence-corrected chi connectivity index (χ2v) is 10.8. The van der Waals surface area contributed by atoms with Crippen molar-refractivity contribution in [2.24, 2.45) is 0 Å². The zero-order valence-corrected chi connectivity index (χ0v) is 13.9. The van der Waals surface area contributed by atoms with Crippen LogP contribution in [-0.2, 0) is 14.7 Å². The molecule has 2 bridgehead atoms. The summed E-state index contributed by atoms with van der Waals surface area (Å²) in [6, 6.07) is 0. The molecule has 0 aromatic carbocycles. The Balaban J connectivity index is 2.17. The van der Waals surface area contributed by atoms with Crippen LogP contribution in [0.25, 0.3) is 0 Å². The first-order chi connectivity index (χ1) is 8.76. The maximum absolute atomic E-state index is 12.5. The maximum atomic E-state index is 12.5. The van der Waals surface area contributed by atoms with Crippen LogP contribution in [0.1, 0.15) is 52.9 Å². The Kier molecular flexibility index (Phi) is 4.44. The van der Waals surface area contributed by atoms with Gasteiger partial charge in [0.05, 0.1) is 6.10 Å². The van der Waals surface area contributed by atoms with Crippen LogP contribution in [0.5, 0.6) is 0 Å². The van der Waals surface area contributed by atoms with E-state index in [-0.39, 0.29) is 11.1 Å². The van der Waals surface area contributed by atoms with Gasteiger partial charge < -0.3 is 10.1 Å². The molecule has 19 heavy (non-hydrogen) atoms. The maximum Gasteiger partial charge on any atom is 0.0610 e. The molecule has 0 aromatic rings. The van der Waals surface area contributed by atoms with Gasteiger partial charge in [-0.3, -0.25) is 4.21 Å². The molecule has 2 heterocycles. The van der Waals surface area contributed by atoms with E-state index in [1.54, 1.807) is 0 Å². The fraction of sp³-hybridized carbons (Fsp3) is 1.00. The molecule has 0 aliphatic carbocycles. The average molecular weight is 289 g/mol. The first-order valence-corrected chi connectivity index (χ1v) is 10.2. The molecule has 3 nitrogen and oxygen atoms in total. The van der Waals surface area contributed by atoms with Gasteiger partial charge in [0.1, 0.15) is 0 Å². The fourth-order valence-corrected chi connectivity index (χ4v) is 5.66. The second kappa shape index (κ2) is 5.45. The van der Waals surface area contributed by atoms with Crippen LogP contribution < -0.4 is 5.32 Å². The third-order valence-corrected chi connectivity index (χ3v) is 7.44. The molecule has 3 atom stereocenters. The quantitative estimate of drug-likeness (QED) is 0.726. The predicted molar refractivity (Wildman–Crippen MR) is 83.6 cm³/mol. The topological polar surface area (TPSA) is 38.3 Å². The number of hydrogen-bond acceptors (Lipinski definition) is 3. The minimum Gasteiger partial charge on any atom is -0.378 e. The van der Waals surface area contributed by atoms with Crippen molar-refractivity contribution < 1.29 is 8.95 Å². The lowest BCUT2D eigenvalue weighted by atomic mass is 9.76. The highest BCUT2D eigenvalue weighted by Gasteiger charge is 2.42. The third-order valence-electron chi connectivity index (χ3n) is 5.01. The molecule has 2 fully saturated rings. The van der Waals surface area contributed by atoms with Gasteiger partial charge in [0.25, 0.3) is 0 Å². The van der Waals surface area contributed by atoms with Gasteiger partial charge >= 0.3 is 0 Å². The molecule has 2 saturated heterocycles. The van der Waals surface area contributed by atoms with Crippen molar-refractivity contribution in [2.75, 3.05) is 24.4 Å². The summed E-state index contributed by atoms with van der Waals surface area (Å²) in [4.78, 5) is 0. The Labute approximate surface area is 119 Å². The average Bonchev–Trinajstić information content (AvgIpc) is 2.31. The zero-order valence-electron chi connectivity index (χ0n) is 13.0. The minimum atomic E-state index is -1.96. The van der Waals surface area contributed by atoms with Gasteiger partial charge in [0, 0.05) is 29.2 Å². The number of piperidine rings is 1. The molecule has 0 saturated carbocycles. The number of ether oxygens (including phenoxy) is 1. The van der Waals surface area contributed by atoms with Gasteiger partial charge in [-0.15, -0.1) is 9.93 Å². The normalized spacial score (nSPS) is 45.4. The van der Waals surface area contributed by atoms with Crippen LogP contribution in [0.15, 0.2) is 0 Å². The molecule has 114 valence electrons. The van der Waals surface area contributed by atoms with E-state index in [9.17, 15) is 4.21 Å². The first-order valence-electron chi connectivity index (χ1n) is 7.72. The molecule has 4 heteroatoms. The van der Waals surface area contributed by atoms with E-state index in [2.05, 4.69) is 26.1 Å². The molecule has 3 unspecified atom stereocenters. The van der Waals surface area contributed by atoms with Gasteiger partial charge in [0.15, 0.2) is 0 Å². The number of rotatable bonds is 1. The summed E-state index contributed by atoms with van der Waals surface area (Å²) in [5, 5.41) is 3.84. The fourth-order valence-electron chi connectivity index (χ4n) is 3.67. The summed E-state index contributed by atoms with van der Waals surface area (Å²) in [6.07, 6.45) is 7.58. The Morgan fingerprint density at radius 2 is 2.05 bits per heavy atom. The second-order valence-electron chi connectivity index (χ2n) is 7.35. The van der Waals surface area contributed by atoms with Crippen molar-refractivity contribution in [3.8, 4) is 0 Å². The standard InChI is InChI=1S/C15H31NO2S/c1-5-14(2)11-13-12-15(3,16-14)7-10-19(4,17)9-6-8-18-13/h13,16,19H,5-12H2,1-4H3. The highest BCUT2D eigenvalue weighted by molar-refractivity contribution is 8.02. The number of fused-ring (bicyclic) bond motifs is 2. The Morgan fingerprint density at radius 1 is 1.32 bits per heavy atom. The number of nitrogens with one attached hydrogen (secondary N) is 1. The zero-order chi connectivity index (χ0) is 14.1. The largest absolute Gasteiger partial charge is 0.378 e. The monoisotopic (exact) mass is 289 g/mol. The third kappa shape index (κ3) is 4.02. The van der Waals surface area contributed by atoms with E-state index >= 15 is 0 Å². The first kappa shape index (κ1) is 15.5. The van der Waals surface area contributed by atoms with E-state index in [0.29, 0.717) is 6.10 Å². The highest BCUT2D eigenvalue weighted by Crippen LogP contribution is 2.35. The van der Waals surface area contributed by atoms with Crippen LogP contribution in [0.3, 0.4) is 0 Å². The molecule has 2 aliphatic heterocycles. The summed E-state index contributed by atoms with van der Waals surface area (Å²) in [5.74, 6) is 1.73. The molecule has 0 aromatic heterocycles. The minimum absolute atomic E-state index is 0.0800. The van der Waals surface area contributed by atoms with Crippen molar-refractivity contribution in [1.82, 2.24) is 5.32 Å². The SMILES string of the molecule is CCC1(C)CC2CC(C)(CC[SH](C)(=O)CCCO2)N1. The summed E-state index contributed by atoms with van der Waals surface area (Å²) in [7, 11) is -1.96. The Morgan fingerprint density at radius 3 is 2.74 bits per heavy atom. The van der Waals surface area contributed by atoms with Gasteiger partial charge in [-0.05, 0) is 52.2 Å². The van der Waals surface area contributed by atoms with Gasteiger partial charge in [-0.2, -0.15) is 0 Å². The molecule has 0 amide bonds. The van der Waals surface area contributed by atoms with Crippen LogP contribution in [0, 0.1) is 0 Å². The van der Waals surface area contributed by atoms with Crippen LogP contribution in [0.4, 0.5) is 0 Å². The molecule has 0 spiro atoms. The molecule has 2 rings (SSSR count). The summed E-state index contributed by atoms with van der Waals surface area (Å²) >= 11 is 0. The molecular formula is C15H31NO2S. The number of hydrogen-bond donors (Lipinski definition) is 2. The Bertz CT molecular complexity index is 373. The lowest BCUT2D eigenvalue weighted by Crippen LogP contribution is -2.62. The van der Waals surface area contributed by atoms with Crippen LogP contribution in [0.2, 0.25) is 0 Å². The van der Waals surface area contributed by atoms with Gasteiger partial charge in [-0.1, -0.05) is 6.92 Å². The summed E-state index contributed by atoms with van der Waals surface area (Å²) < 4.78 is 18.6. The Hall–Kier alpha value is 0.0700. The van der Waals surface area contributed by atoms with Crippen molar-refractivity contribution in [1.29, 1.82) is 0 Å². The molecular weight excluding hydrogens is 258 g/mol. The van der Waals surface area contributed by atoms with Crippen molar-refractivity contribution >= 4 is 9.93 Å². The van der Waals surface area contributed by atoms with Crippen molar-refractivity contribution in [2.45, 2.75) is 70.1 Å². The summed E-state index contributed by atoms with van der Waals surface area (Å²) in [5.41, 5.74) is 0.241. The highest BCUT2D eigenvalue weighted by atomic mass is 32.2. The lowest BCUT2D eigenvalue weighted by molar-refractivity contribution is -0.0314. The van der Waals surface area contributed by atoms with E-state index in [0.717, 1.165) is 50.2 Å². The van der Waals surface area contributed by atoms with Gasteiger partial charge in [-0.25, -0.2) is 0 Å². The molecule has 1 N–H and O–H groups in total. The van der Waals surface area contributed by atoms with Crippen molar-refractivity contribution in [3.05, 3.63) is 0 Å². The van der Waals surface area contributed by atoms with Gasteiger partial charge in [0.2, 0.25) is 0 Å². The predicted octanol–water partition coefficient (Wildman–Crippen LogP) is 2.12. The van der Waals surface area contributed by atoms with E-state index < -0.39 is 9.93 Å². The van der Waals surface area contributed by atoms with Crippen LogP contribution in [-0.4, -0.2) is 45.8 Å². The van der Waals surface area contributed by atoms with Crippen LogP contribution >= 0.6 is 0 Å². The van der Waals surface area contributed by atoms with E-state index in [1.807, 2.05) is 6.26 Å².